The molecule has 4 aliphatic heterocycles. The molecule has 0 radical (unpaired) electrons. The van der Waals surface area contributed by atoms with E-state index in [1.807, 2.05) is 4.90 Å². The predicted molar refractivity (Wildman–Crippen MR) is 97.7 cm³/mol. The third kappa shape index (κ3) is 4.12. The van der Waals surface area contributed by atoms with Gasteiger partial charge in [-0.25, -0.2) is 4.79 Å². The Hall–Kier alpha value is -0.850. The molecular formula is C19H34N4O2. The van der Waals surface area contributed by atoms with Gasteiger partial charge in [0.05, 0.1) is 13.2 Å². The summed E-state index contributed by atoms with van der Waals surface area (Å²) < 4.78 is 5.36. The van der Waals surface area contributed by atoms with Gasteiger partial charge in [-0.2, -0.15) is 0 Å². The summed E-state index contributed by atoms with van der Waals surface area (Å²) in [5.74, 6) is 0.843. The van der Waals surface area contributed by atoms with Crippen molar-refractivity contribution in [1.29, 1.82) is 0 Å². The number of carbonyl (C=O) groups is 1. The highest BCUT2D eigenvalue weighted by Gasteiger charge is 2.35. The number of piperidine rings is 2. The third-order valence-corrected chi connectivity index (χ3v) is 6.65. The summed E-state index contributed by atoms with van der Waals surface area (Å²) in [6, 6.07) is 1.05. The quantitative estimate of drug-likeness (QED) is 0.753. The molecule has 0 N–H and O–H groups in total. The second kappa shape index (κ2) is 8.23. The Labute approximate surface area is 152 Å². The number of rotatable bonds is 2. The Bertz CT molecular complexity index is 445. The van der Waals surface area contributed by atoms with Crippen LogP contribution in [0.15, 0.2) is 0 Å². The van der Waals surface area contributed by atoms with Gasteiger partial charge in [0.2, 0.25) is 0 Å². The second-order valence-corrected chi connectivity index (χ2v) is 8.17. The molecule has 4 rings (SSSR count). The summed E-state index contributed by atoms with van der Waals surface area (Å²) >= 11 is 0. The summed E-state index contributed by atoms with van der Waals surface area (Å²) in [5, 5.41) is 0. The van der Waals surface area contributed by atoms with Crippen molar-refractivity contribution in [3.63, 3.8) is 0 Å². The number of nitrogens with zero attached hydrogens (tertiary/aromatic N) is 4. The summed E-state index contributed by atoms with van der Waals surface area (Å²) in [7, 11) is 0. The molecule has 0 aromatic heterocycles. The molecule has 4 aliphatic rings. The first-order valence-corrected chi connectivity index (χ1v) is 10.4. The van der Waals surface area contributed by atoms with E-state index in [1.165, 1.54) is 51.7 Å². The molecule has 6 nitrogen and oxygen atoms in total. The van der Waals surface area contributed by atoms with Crippen LogP contribution >= 0.6 is 0 Å². The average Bonchev–Trinajstić information content (AvgIpc) is 2.69. The number of ether oxygens (including phenoxy) is 1. The van der Waals surface area contributed by atoms with Crippen molar-refractivity contribution in [2.24, 2.45) is 5.92 Å². The number of hydrogen-bond donors (Lipinski definition) is 0. The Morgan fingerprint density at radius 1 is 0.800 bits per heavy atom. The molecule has 142 valence electrons. The first-order chi connectivity index (χ1) is 12.3. The maximum Gasteiger partial charge on any atom is 0.320 e. The second-order valence-electron chi connectivity index (χ2n) is 8.17. The first kappa shape index (κ1) is 17.6. The number of carbonyl (C=O) groups excluding carboxylic acids is 1. The lowest BCUT2D eigenvalue weighted by molar-refractivity contribution is 0.0229. The maximum atomic E-state index is 12.6. The van der Waals surface area contributed by atoms with E-state index < -0.39 is 0 Å². The molecule has 0 spiro atoms. The molecule has 0 unspecified atom stereocenters. The molecule has 0 bridgehead atoms. The first-order valence-electron chi connectivity index (χ1n) is 10.4. The monoisotopic (exact) mass is 350 g/mol. The summed E-state index contributed by atoms with van der Waals surface area (Å²) in [5.41, 5.74) is 0. The van der Waals surface area contributed by atoms with Crippen molar-refractivity contribution in [3.05, 3.63) is 0 Å². The average molecular weight is 351 g/mol. The van der Waals surface area contributed by atoms with Gasteiger partial charge in [0.25, 0.3) is 0 Å². The summed E-state index contributed by atoms with van der Waals surface area (Å²) in [6.07, 6.45) is 6.98. The summed E-state index contributed by atoms with van der Waals surface area (Å²) in [4.78, 5) is 22.0. The Kier molecular flexibility index (Phi) is 5.78. The fraction of sp³-hybridized carbons (Fsp3) is 0.947. The van der Waals surface area contributed by atoms with Crippen LogP contribution in [0.2, 0.25) is 0 Å². The normalized spacial score (nSPS) is 32.5. The fourth-order valence-corrected chi connectivity index (χ4v) is 5.20. The van der Waals surface area contributed by atoms with Crippen LogP contribution in [-0.2, 0) is 4.74 Å². The predicted octanol–water partition coefficient (Wildman–Crippen LogP) is 1.32. The van der Waals surface area contributed by atoms with Gasteiger partial charge < -0.3 is 19.4 Å². The minimum absolute atomic E-state index is 0.221. The SMILES string of the molecule is O=C(N1CCOCC1)N1CCN(C[C@@H]2CCCN3CCCC[C@H]23)CC1. The lowest BCUT2D eigenvalue weighted by Crippen LogP contribution is -2.57. The molecule has 4 heterocycles. The topological polar surface area (TPSA) is 39.3 Å². The van der Waals surface area contributed by atoms with Crippen molar-refractivity contribution in [2.45, 2.75) is 38.1 Å². The zero-order valence-corrected chi connectivity index (χ0v) is 15.6. The molecular weight excluding hydrogens is 316 g/mol. The molecule has 0 aromatic rings. The highest BCUT2D eigenvalue weighted by Crippen LogP contribution is 2.31. The Morgan fingerprint density at radius 2 is 1.52 bits per heavy atom. The van der Waals surface area contributed by atoms with Gasteiger partial charge in [-0.3, -0.25) is 4.90 Å². The Morgan fingerprint density at radius 3 is 2.32 bits per heavy atom. The van der Waals surface area contributed by atoms with Crippen LogP contribution in [0.3, 0.4) is 0 Å². The number of amides is 2. The number of hydrogen-bond acceptors (Lipinski definition) is 4. The van der Waals surface area contributed by atoms with E-state index in [9.17, 15) is 4.79 Å². The fourth-order valence-electron chi connectivity index (χ4n) is 5.20. The molecule has 0 saturated carbocycles. The zero-order chi connectivity index (χ0) is 17.1. The lowest BCUT2D eigenvalue weighted by atomic mass is 9.83. The van der Waals surface area contributed by atoms with Gasteiger partial charge >= 0.3 is 6.03 Å². The minimum atomic E-state index is 0.221. The molecule has 6 heteroatoms. The van der Waals surface area contributed by atoms with E-state index in [0.29, 0.717) is 13.2 Å². The van der Waals surface area contributed by atoms with E-state index in [-0.39, 0.29) is 6.03 Å². The zero-order valence-electron chi connectivity index (χ0n) is 15.6. The number of fused-ring (bicyclic) bond motifs is 1. The standard InChI is InChI=1S/C19H34N4O2/c24-19(23-12-14-25-15-13-23)22-10-8-20(9-11-22)16-17-4-3-7-21-6-2-1-5-18(17)21/h17-18H,1-16H2/t17-,18+/m0/s1. The van der Waals surface area contributed by atoms with Crippen LogP contribution < -0.4 is 0 Å². The van der Waals surface area contributed by atoms with Crippen LogP contribution in [0.5, 0.6) is 0 Å². The summed E-state index contributed by atoms with van der Waals surface area (Å²) in [6.45, 7) is 10.6. The van der Waals surface area contributed by atoms with E-state index >= 15 is 0 Å². The molecule has 0 aromatic carbocycles. The van der Waals surface area contributed by atoms with E-state index in [0.717, 1.165) is 51.2 Å². The number of urea groups is 1. The van der Waals surface area contributed by atoms with Gasteiger partial charge in [-0.1, -0.05) is 6.42 Å². The van der Waals surface area contributed by atoms with Crippen LogP contribution in [0.25, 0.3) is 0 Å². The molecule has 4 saturated heterocycles. The molecule has 0 aliphatic carbocycles. The highest BCUT2D eigenvalue weighted by molar-refractivity contribution is 5.74. The smallest absolute Gasteiger partial charge is 0.320 e. The van der Waals surface area contributed by atoms with Crippen LogP contribution in [-0.4, -0.2) is 104 Å². The molecule has 2 atom stereocenters. The highest BCUT2D eigenvalue weighted by atomic mass is 16.5. The van der Waals surface area contributed by atoms with Crippen LogP contribution in [0.4, 0.5) is 4.79 Å². The lowest BCUT2D eigenvalue weighted by Gasteiger charge is -2.47. The van der Waals surface area contributed by atoms with Gasteiger partial charge in [-0.15, -0.1) is 0 Å². The minimum Gasteiger partial charge on any atom is -0.378 e. The van der Waals surface area contributed by atoms with Crippen molar-refractivity contribution < 1.29 is 9.53 Å². The van der Waals surface area contributed by atoms with E-state index in [1.54, 1.807) is 0 Å². The number of piperazine rings is 1. The van der Waals surface area contributed by atoms with Gasteiger partial charge in [0, 0.05) is 51.9 Å². The van der Waals surface area contributed by atoms with Gasteiger partial charge in [0.15, 0.2) is 0 Å². The van der Waals surface area contributed by atoms with E-state index in [2.05, 4.69) is 14.7 Å². The maximum absolute atomic E-state index is 12.6. The molecule has 2 amide bonds. The van der Waals surface area contributed by atoms with Crippen LogP contribution in [0.1, 0.15) is 32.1 Å². The van der Waals surface area contributed by atoms with Crippen molar-refractivity contribution >= 4 is 6.03 Å². The molecule has 4 fully saturated rings. The number of morpholine rings is 1. The third-order valence-electron chi connectivity index (χ3n) is 6.65. The van der Waals surface area contributed by atoms with Crippen molar-refractivity contribution in [3.8, 4) is 0 Å². The van der Waals surface area contributed by atoms with Crippen molar-refractivity contribution in [1.82, 2.24) is 19.6 Å². The Balaban J connectivity index is 1.25. The largest absolute Gasteiger partial charge is 0.378 e. The molecule has 25 heavy (non-hydrogen) atoms. The van der Waals surface area contributed by atoms with Gasteiger partial charge in [-0.05, 0) is 44.7 Å². The van der Waals surface area contributed by atoms with Crippen molar-refractivity contribution in [2.75, 3.05) is 72.1 Å². The van der Waals surface area contributed by atoms with Crippen LogP contribution in [0, 0.1) is 5.92 Å². The van der Waals surface area contributed by atoms with E-state index in [4.69, 9.17) is 4.74 Å². The van der Waals surface area contributed by atoms with Gasteiger partial charge in [0.1, 0.15) is 0 Å².